The van der Waals surface area contributed by atoms with Gasteiger partial charge in [-0.3, -0.25) is 0 Å². The van der Waals surface area contributed by atoms with Gasteiger partial charge < -0.3 is 11.5 Å². The lowest BCUT2D eigenvalue weighted by Crippen LogP contribution is -2.53. The van der Waals surface area contributed by atoms with Crippen LogP contribution < -0.4 is 11.5 Å². The monoisotopic (exact) mass is 298 g/mol. The summed E-state index contributed by atoms with van der Waals surface area (Å²) in [6, 6.07) is 6.31. The predicted octanol–water partition coefficient (Wildman–Crippen LogP) is 3.89. The molecule has 0 radical (unpaired) electrons. The number of allylic oxidation sites excluding steroid dienone is 2. The maximum absolute atomic E-state index is 6.86. The molecule has 1 aromatic carbocycles. The zero-order valence-corrected chi connectivity index (χ0v) is 14.8. The van der Waals surface area contributed by atoms with Crippen molar-refractivity contribution in [2.75, 3.05) is 0 Å². The SMILES string of the molecule is CC(C)(C)c1cccc(C(C)(C)C)c1C1(N)C=CC=CC1N. The molecule has 4 N–H and O–H groups in total. The van der Waals surface area contributed by atoms with Crippen LogP contribution in [0.1, 0.15) is 58.2 Å². The largest absolute Gasteiger partial charge is 0.322 e. The van der Waals surface area contributed by atoms with Crippen LogP contribution in [0, 0.1) is 0 Å². The smallest absolute Gasteiger partial charge is 0.0794 e. The van der Waals surface area contributed by atoms with Crippen LogP contribution in [0.2, 0.25) is 0 Å². The molecule has 0 bridgehead atoms. The summed E-state index contributed by atoms with van der Waals surface area (Å²) in [7, 11) is 0. The molecule has 0 amide bonds. The molecular weight excluding hydrogens is 268 g/mol. The first-order valence-electron chi connectivity index (χ1n) is 8.03. The Hall–Kier alpha value is -1.38. The van der Waals surface area contributed by atoms with E-state index in [1.807, 2.05) is 18.2 Å². The van der Waals surface area contributed by atoms with Crippen LogP contribution in [-0.2, 0) is 16.4 Å². The number of benzene rings is 1. The molecule has 0 heterocycles. The number of nitrogens with two attached hydrogens (primary N) is 2. The molecule has 1 aliphatic rings. The van der Waals surface area contributed by atoms with Gasteiger partial charge >= 0.3 is 0 Å². The summed E-state index contributed by atoms with van der Waals surface area (Å²) in [5.74, 6) is 0. The highest BCUT2D eigenvalue weighted by atomic mass is 14.9. The molecule has 0 aliphatic heterocycles. The van der Waals surface area contributed by atoms with E-state index >= 15 is 0 Å². The van der Waals surface area contributed by atoms with Crippen molar-refractivity contribution in [2.24, 2.45) is 11.5 Å². The van der Waals surface area contributed by atoms with Crippen LogP contribution in [0.4, 0.5) is 0 Å². The van der Waals surface area contributed by atoms with Crippen molar-refractivity contribution in [1.29, 1.82) is 0 Å². The third-order valence-corrected chi connectivity index (χ3v) is 4.47. The lowest BCUT2D eigenvalue weighted by molar-refractivity contribution is 0.451. The standard InChI is InChI=1S/C20H30N2/c1-18(2,3)14-10-9-11-15(19(4,5)6)17(14)20(22)13-8-7-12-16(20)21/h7-13,16H,21-22H2,1-6H3. The molecule has 120 valence electrons. The van der Waals surface area contributed by atoms with Gasteiger partial charge in [0.2, 0.25) is 0 Å². The summed E-state index contributed by atoms with van der Waals surface area (Å²) in [5.41, 5.74) is 16.4. The summed E-state index contributed by atoms with van der Waals surface area (Å²) < 4.78 is 0. The average molecular weight is 298 g/mol. The predicted molar refractivity (Wildman–Crippen MR) is 96.0 cm³/mol. The van der Waals surface area contributed by atoms with Crippen molar-refractivity contribution in [3.63, 3.8) is 0 Å². The molecule has 2 heteroatoms. The van der Waals surface area contributed by atoms with Gasteiger partial charge in [0.15, 0.2) is 0 Å². The van der Waals surface area contributed by atoms with Gasteiger partial charge in [-0.05, 0) is 27.5 Å². The molecule has 0 saturated carbocycles. The highest BCUT2D eigenvalue weighted by molar-refractivity contribution is 5.52. The summed E-state index contributed by atoms with van der Waals surface area (Å²) >= 11 is 0. The second kappa shape index (κ2) is 5.36. The van der Waals surface area contributed by atoms with Gasteiger partial charge in [-0.1, -0.05) is 84.0 Å². The molecule has 1 aliphatic carbocycles. The van der Waals surface area contributed by atoms with E-state index in [1.165, 1.54) is 16.7 Å². The van der Waals surface area contributed by atoms with Crippen molar-refractivity contribution in [1.82, 2.24) is 0 Å². The maximum atomic E-state index is 6.86. The third-order valence-electron chi connectivity index (χ3n) is 4.47. The topological polar surface area (TPSA) is 52.0 Å². The highest BCUT2D eigenvalue weighted by Crippen LogP contribution is 2.41. The molecule has 0 spiro atoms. The Morgan fingerprint density at radius 1 is 0.909 bits per heavy atom. The third kappa shape index (κ3) is 2.90. The fraction of sp³-hybridized carbons (Fsp3) is 0.500. The van der Waals surface area contributed by atoms with Crippen LogP contribution in [0.5, 0.6) is 0 Å². The van der Waals surface area contributed by atoms with E-state index in [2.05, 4.69) is 65.8 Å². The molecule has 2 rings (SSSR count). The zero-order valence-electron chi connectivity index (χ0n) is 14.8. The van der Waals surface area contributed by atoms with Crippen molar-refractivity contribution in [2.45, 2.75) is 64.0 Å². The highest BCUT2D eigenvalue weighted by Gasteiger charge is 2.39. The Kier molecular flexibility index (Phi) is 4.14. The first kappa shape index (κ1) is 17.0. The number of rotatable bonds is 1. The van der Waals surface area contributed by atoms with Crippen LogP contribution in [0.3, 0.4) is 0 Å². The summed E-state index contributed by atoms with van der Waals surface area (Å²) in [4.78, 5) is 0. The molecule has 22 heavy (non-hydrogen) atoms. The summed E-state index contributed by atoms with van der Waals surface area (Å²) in [5, 5.41) is 0. The quantitative estimate of drug-likeness (QED) is 0.826. The van der Waals surface area contributed by atoms with Gasteiger partial charge in [0.05, 0.1) is 5.54 Å². The molecule has 1 aromatic rings. The molecule has 0 saturated heterocycles. The van der Waals surface area contributed by atoms with E-state index in [9.17, 15) is 0 Å². The first-order chi connectivity index (χ1) is 9.98. The van der Waals surface area contributed by atoms with E-state index in [1.54, 1.807) is 0 Å². The first-order valence-corrected chi connectivity index (χ1v) is 8.03. The second-order valence-electron chi connectivity index (χ2n) is 8.43. The van der Waals surface area contributed by atoms with E-state index in [4.69, 9.17) is 11.5 Å². The molecule has 2 nitrogen and oxygen atoms in total. The van der Waals surface area contributed by atoms with Gasteiger partial charge in [0, 0.05) is 6.04 Å². The van der Waals surface area contributed by atoms with Crippen molar-refractivity contribution < 1.29 is 0 Å². The van der Waals surface area contributed by atoms with Crippen LogP contribution >= 0.6 is 0 Å². The summed E-state index contributed by atoms with van der Waals surface area (Å²) in [6.45, 7) is 13.4. The Balaban J connectivity index is 2.82. The fourth-order valence-electron chi connectivity index (χ4n) is 3.19. The van der Waals surface area contributed by atoms with Crippen molar-refractivity contribution in [3.05, 3.63) is 59.2 Å². The lowest BCUT2D eigenvalue weighted by atomic mass is 9.67. The fourth-order valence-corrected chi connectivity index (χ4v) is 3.19. The van der Waals surface area contributed by atoms with Gasteiger partial charge in [-0.25, -0.2) is 0 Å². The zero-order chi connectivity index (χ0) is 16.8. The number of hydrogen-bond acceptors (Lipinski definition) is 2. The second-order valence-corrected chi connectivity index (χ2v) is 8.43. The Morgan fingerprint density at radius 3 is 1.82 bits per heavy atom. The average Bonchev–Trinajstić information content (AvgIpc) is 2.39. The van der Waals surface area contributed by atoms with E-state index in [0.29, 0.717) is 0 Å². The molecule has 0 aromatic heterocycles. The van der Waals surface area contributed by atoms with Gasteiger partial charge in [-0.2, -0.15) is 0 Å². The minimum Gasteiger partial charge on any atom is -0.322 e. The normalized spacial score (nSPS) is 25.5. The van der Waals surface area contributed by atoms with Crippen LogP contribution in [0.15, 0.2) is 42.5 Å². The number of hydrogen-bond donors (Lipinski definition) is 2. The molecule has 2 atom stereocenters. The van der Waals surface area contributed by atoms with Crippen molar-refractivity contribution >= 4 is 0 Å². The van der Waals surface area contributed by atoms with E-state index in [0.717, 1.165) is 0 Å². The van der Waals surface area contributed by atoms with Crippen molar-refractivity contribution in [3.8, 4) is 0 Å². The Bertz CT molecular complexity index is 579. The van der Waals surface area contributed by atoms with Crippen LogP contribution in [-0.4, -0.2) is 6.04 Å². The minimum atomic E-state index is -0.665. The molecule has 0 fully saturated rings. The maximum Gasteiger partial charge on any atom is 0.0794 e. The minimum absolute atomic E-state index is 0.0116. The summed E-state index contributed by atoms with van der Waals surface area (Å²) in [6.07, 6.45) is 8.03. The van der Waals surface area contributed by atoms with E-state index in [-0.39, 0.29) is 16.9 Å². The lowest BCUT2D eigenvalue weighted by Gasteiger charge is -2.41. The molecule has 2 unspecified atom stereocenters. The van der Waals surface area contributed by atoms with Crippen LogP contribution in [0.25, 0.3) is 0 Å². The van der Waals surface area contributed by atoms with Gasteiger partial charge in [-0.15, -0.1) is 0 Å². The van der Waals surface area contributed by atoms with Gasteiger partial charge in [0.25, 0.3) is 0 Å². The van der Waals surface area contributed by atoms with E-state index < -0.39 is 5.54 Å². The van der Waals surface area contributed by atoms with Gasteiger partial charge in [0.1, 0.15) is 0 Å². The Labute approximate surface area is 135 Å². The Morgan fingerprint density at radius 2 is 1.41 bits per heavy atom. The molecular formula is C20H30N2.